The highest BCUT2D eigenvalue weighted by molar-refractivity contribution is 5.46. The molecule has 0 spiro atoms. The number of nitrogens with two attached hydrogens (primary N) is 1. The van der Waals surface area contributed by atoms with Crippen LogP contribution in [-0.2, 0) is 0 Å². The second-order valence-corrected chi connectivity index (χ2v) is 4.41. The molecule has 0 aliphatic rings. The Morgan fingerprint density at radius 3 is 2.55 bits per heavy atom. The van der Waals surface area contributed by atoms with Gasteiger partial charge in [0.05, 0.1) is 0 Å². The highest BCUT2D eigenvalue weighted by Crippen LogP contribution is 2.27. The lowest BCUT2D eigenvalue weighted by Gasteiger charge is -2.11. The molecule has 0 radical (unpaired) electrons. The first kappa shape index (κ1) is 14.0. The quantitative estimate of drug-likeness (QED) is 0.916. The van der Waals surface area contributed by atoms with Gasteiger partial charge >= 0.3 is 0 Å². The van der Waals surface area contributed by atoms with Gasteiger partial charge in [0.25, 0.3) is 0 Å². The molecule has 2 aromatic rings. The summed E-state index contributed by atoms with van der Waals surface area (Å²) in [6.07, 6.45) is 0.850. The number of nitriles is 1. The highest BCUT2D eigenvalue weighted by Gasteiger charge is 2.10. The summed E-state index contributed by atoms with van der Waals surface area (Å²) in [7, 11) is 0. The Bertz CT molecular complexity index is 632. The molecule has 2 N–H and O–H groups in total. The molecule has 0 fully saturated rings. The van der Waals surface area contributed by atoms with E-state index in [-0.39, 0.29) is 17.4 Å². The van der Waals surface area contributed by atoms with Crippen LogP contribution in [0.15, 0.2) is 42.5 Å². The van der Waals surface area contributed by atoms with Crippen LogP contribution in [0.5, 0.6) is 11.5 Å². The normalized spacial score (nSPS) is 11.7. The van der Waals surface area contributed by atoms with Gasteiger partial charge in [0.2, 0.25) is 0 Å². The number of hydrogen-bond acceptors (Lipinski definition) is 3. The SMILES string of the molecule is CCC(N)c1ccc(Oc2cccc(F)c2C#N)cc1. The summed E-state index contributed by atoms with van der Waals surface area (Å²) < 4.78 is 19.0. The van der Waals surface area contributed by atoms with Gasteiger partial charge < -0.3 is 10.5 Å². The summed E-state index contributed by atoms with van der Waals surface area (Å²) in [5, 5.41) is 8.94. The molecule has 102 valence electrons. The highest BCUT2D eigenvalue weighted by atomic mass is 19.1. The molecule has 1 unspecified atom stereocenters. The summed E-state index contributed by atoms with van der Waals surface area (Å²) in [5.74, 6) is 0.161. The van der Waals surface area contributed by atoms with Gasteiger partial charge in [0.15, 0.2) is 0 Å². The lowest BCUT2D eigenvalue weighted by Crippen LogP contribution is -2.08. The molecule has 0 aliphatic carbocycles. The van der Waals surface area contributed by atoms with Crippen molar-refractivity contribution < 1.29 is 9.13 Å². The van der Waals surface area contributed by atoms with Gasteiger partial charge in [-0.2, -0.15) is 5.26 Å². The van der Waals surface area contributed by atoms with Crippen LogP contribution < -0.4 is 10.5 Å². The summed E-state index contributed by atoms with van der Waals surface area (Å²) in [6.45, 7) is 2.01. The van der Waals surface area contributed by atoms with Crippen molar-refractivity contribution >= 4 is 0 Å². The van der Waals surface area contributed by atoms with Crippen molar-refractivity contribution in [2.24, 2.45) is 5.73 Å². The van der Waals surface area contributed by atoms with Gasteiger partial charge in [-0.05, 0) is 36.2 Å². The van der Waals surface area contributed by atoms with Crippen molar-refractivity contribution in [2.75, 3.05) is 0 Å². The number of nitrogens with zero attached hydrogens (tertiary/aromatic N) is 1. The van der Waals surface area contributed by atoms with Crippen LogP contribution >= 0.6 is 0 Å². The molecule has 0 saturated heterocycles. The van der Waals surface area contributed by atoms with E-state index in [2.05, 4.69) is 0 Å². The topological polar surface area (TPSA) is 59.0 Å². The zero-order valence-corrected chi connectivity index (χ0v) is 11.1. The van der Waals surface area contributed by atoms with Crippen molar-refractivity contribution in [1.82, 2.24) is 0 Å². The van der Waals surface area contributed by atoms with Gasteiger partial charge in [0, 0.05) is 6.04 Å². The number of halogens is 1. The molecule has 2 rings (SSSR count). The third kappa shape index (κ3) is 2.95. The van der Waals surface area contributed by atoms with Crippen molar-refractivity contribution in [3.63, 3.8) is 0 Å². The summed E-state index contributed by atoms with van der Waals surface area (Å²) in [6, 6.07) is 13.4. The smallest absolute Gasteiger partial charge is 0.148 e. The minimum Gasteiger partial charge on any atom is -0.456 e. The molecule has 0 aromatic heterocycles. The molecule has 3 nitrogen and oxygen atoms in total. The predicted molar refractivity (Wildman–Crippen MR) is 74.9 cm³/mol. The zero-order chi connectivity index (χ0) is 14.5. The van der Waals surface area contributed by atoms with E-state index in [1.54, 1.807) is 24.3 Å². The number of benzene rings is 2. The maximum absolute atomic E-state index is 13.4. The monoisotopic (exact) mass is 270 g/mol. The van der Waals surface area contributed by atoms with Crippen LogP contribution in [0.25, 0.3) is 0 Å². The molecule has 1 atom stereocenters. The Kier molecular flexibility index (Phi) is 4.34. The van der Waals surface area contributed by atoms with Crippen molar-refractivity contribution in [1.29, 1.82) is 5.26 Å². The number of hydrogen-bond donors (Lipinski definition) is 1. The predicted octanol–water partition coefficient (Wildman–Crippen LogP) is 3.90. The van der Waals surface area contributed by atoms with E-state index < -0.39 is 5.82 Å². The fourth-order valence-electron chi connectivity index (χ4n) is 1.84. The van der Waals surface area contributed by atoms with Gasteiger partial charge in [-0.25, -0.2) is 4.39 Å². The third-order valence-electron chi connectivity index (χ3n) is 3.06. The minimum absolute atomic E-state index is 0.00658. The fourth-order valence-corrected chi connectivity index (χ4v) is 1.84. The molecule has 0 heterocycles. The maximum atomic E-state index is 13.4. The van der Waals surface area contributed by atoms with Gasteiger partial charge in [-0.1, -0.05) is 25.1 Å². The Hall–Kier alpha value is -2.38. The maximum Gasteiger partial charge on any atom is 0.148 e. The first-order chi connectivity index (χ1) is 9.65. The van der Waals surface area contributed by atoms with Crippen molar-refractivity contribution in [3.8, 4) is 17.6 Å². The molecular formula is C16H15FN2O. The number of rotatable bonds is 4. The lowest BCUT2D eigenvalue weighted by atomic mass is 10.1. The minimum atomic E-state index is -0.588. The van der Waals surface area contributed by atoms with Gasteiger partial charge in [-0.15, -0.1) is 0 Å². The molecule has 0 amide bonds. The molecule has 20 heavy (non-hydrogen) atoms. The fraction of sp³-hybridized carbons (Fsp3) is 0.188. The number of ether oxygens (including phenoxy) is 1. The van der Waals surface area contributed by atoms with Crippen LogP contribution in [0.1, 0.15) is 30.5 Å². The van der Waals surface area contributed by atoms with E-state index in [4.69, 9.17) is 15.7 Å². The summed E-state index contributed by atoms with van der Waals surface area (Å²) in [4.78, 5) is 0. The standard InChI is InChI=1S/C16H15FN2O/c1-2-15(19)11-6-8-12(9-7-11)20-16-5-3-4-14(17)13(16)10-18/h3-9,15H,2,19H2,1H3. The van der Waals surface area contributed by atoms with Crippen LogP contribution in [-0.4, -0.2) is 0 Å². The molecule has 0 bridgehead atoms. The summed E-state index contributed by atoms with van der Waals surface area (Å²) in [5.41, 5.74) is 6.85. The lowest BCUT2D eigenvalue weighted by molar-refractivity contribution is 0.474. The van der Waals surface area contributed by atoms with Crippen LogP contribution in [0, 0.1) is 17.1 Å². The Morgan fingerprint density at radius 2 is 1.95 bits per heavy atom. The molecule has 2 aromatic carbocycles. The molecule has 0 aliphatic heterocycles. The van der Waals surface area contributed by atoms with Crippen molar-refractivity contribution in [3.05, 3.63) is 59.4 Å². The van der Waals surface area contributed by atoms with Crippen molar-refractivity contribution in [2.45, 2.75) is 19.4 Å². The molecule has 4 heteroatoms. The van der Waals surface area contributed by atoms with E-state index in [1.165, 1.54) is 12.1 Å². The van der Waals surface area contributed by atoms with E-state index in [0.29, 0.717) is 5.75 Å². The molecule has 0 saturated carbocycles. The Labute approximate surface area is 117 Å². The Morgan fingerprint density at radius 1 is 1.25 bits per heavy atom. The second kappa shape index (κ2) is 6.18. The third-order valence-corrected chi connectivity index (χ3v) is 3.06. The first-order valence-electron chi connectivity index (χ1n) is 6.37. The second-order valence-electron chi connectivity index (χ2n) is 4.41. The van der Waals surface area contributed by atoms with Crippen LogP contribution in [0.2, 0.25) is 0 Å². The van der Waals surface area contributed by atoms with E-state index in [0.717, 1.165) is 12.0 Å². The Balaban J connectivity index is 2.23. The molecular weight excluding hydrogens is 255 g/mol. The average molecular weight is 270 g/mol. The zero-order valence-electron chi connectivity index (χ0n) is 11.1. The van der Waals surface area contributed by atoms with E-state index in [9.17, 15) is 4.39 Å². The first-order valence-corrected chi connectivity index (χ1v) is 6.37. The average Bonchev–Trinajstić information content (AvgIpc) is 2.47. The van der Waals surface area contributed by atoms with E-state index in [1.807, 2.05) is 19.1 Å². The van der Waals surface area contributed by atoms with Gasteiger partial charge in [-0.3, -0.25) is 0 Å². The largest absolute Gasteiger partial charge is 0.456 e. The van der Waals surface area contributed by atoms with E-state index >= 15 is 0 Å². The summed E-state index contributed by atoms with van der Waals surface area (Å²) >= 11 is 0. The van der Waals surface area contributed by atoms with Gasteiger partial charge in [0.1, 0.15) is 28.9 Å². The van der Waals surface area contributed by atoms with Crippen LogP contribution in [0.3, 0.4) is 0 Å². The van der Waals surface area contributed by atoms with Crippen LogP contribution in [0.4, 0.5) is 4.39 Å².